The van der Waals surface area contributed by atoms with Crippen LogP contribution in [-0.2, 0) is 0 Å². The van der Waals surface area contributed by atoms with E-state index in [9.17, 15) is 9.59 Å². The number of carboxylic acids is 1. The fourth-order valence-corrected chi connectivity index (χ4v) is 2.19. The highest BCUT2D eigenvalue weighted by atomic mass is 35.5. The number of H-pyrrole nitrogens is 1. The van der Waals surface area contributed by atoms with Crippen molar-refractivity contribution in [2.75, 3.05) is 11.6 Å². The molecule has 2 aromatic rings. The number of aromatic carboxylic acids is 1. The smallest absolute Gasteiger partial charge is 0.358 e. The predicted molar refractivity (Wildman–Crippen MR) is 76.7 cm³/mol. The summed E-state index contributed by atoms with van der Waals surface area (Å²) in [7, 11) is 0. The van der Waals surface area contributed by atoms with Gasteiger partial charge in [-0.05, 0) is 24.5 Å². The number of carbonyl (C=O) groups excluding carboxylic acids is 1. The minimum Gasteiger partial charge on any atom is -0.476 e. The lowest BCUT2D eigenvalue weighted by atomic mass is 10.2. The standard InChI is InChI=1S/C12H10ClN3O3S/c1-20-6-2-3-8(13)7(4-6)11(17)15-9-5-14-16-10(9)12(18)19/h2-5H,1H3,(H,14,16)(H,15,17)(H,18,19). The van der Waals surface area contributed by atoms with Crippen molar-refractivity contribution in [3.05, 3.63) is 40.7 Å². The quantitative estimate of drug-likeness (QED) is 0.755. The maximum atomic E-state index is 12.1. The van der Waals surface area contributed by atoms with Gasteiger partial charge in [0.1, 0.15) is 0 Å². The molecule has 1 aromatic heterocycles. The third-order valence-corrected chi connectivity index (χ3v) is 3.56. The zero-order valence-corrected chi connectivity index (χ0v) is 11.9. The summed E-state index contributed by atoms with van der Waals surface area (Å²) in [6, 6.07) is 5.06. The largest absolute Gasteiger partial charge is 0.476 e. The molecule has 6 nitrogen and oxygen atoms in total. The Balaban J connectivity index is 2.28. The molecule has 0 aliphatic rings. The molecule has 2 rings (SSSR count). The number of rotatable bonds is 4. The Morgan fingerprint density at radius 2 is 2.20 bits per heavy atom. The van der Waals surface area contributed by atoms with Crippen LogP contribution in [0.25, 0.3) is 0 Å². The molecule has 20 heavy (non-hydrogen) atoms. The van der Waals surface area contributed by atoms with E-state index in [0.29, 0.717) is 5.02 Å². The third-order valence-electron chi connectivity index (χ3n) is 2.51. The van der Waals surface area contributed by atoms with Crippen LogP contribution in [0.2, 0.25) is 5.02 Å². The molecule has 8 heteroatoms. The maximum absolute atomic E-state index is 12.1. The lowest BCUT2D eigenvalue weighted by Gasteiger charge is -2.07. The first-order chi connectivity index (χ1) is 9.52. The second-order valence-corrected chi connectivity index (χ2v) is 5.04. The second kappa shape index (κ2) is 5.98. The molecule has 104 valence electrons. The number of amides is 1. The first-order valence-electron chi connectivity index (χ1n) is 5.45. The first kappa shape index (κ1) is 14.4. The van der Waals surface area contributed by atoms with Crippen LogP contribution in [0, 0.1) is 0 Å². The topological polar surface area (TPSA) is 95.1 Å². The minimum atomic E-state index is -1.23. The zero-order valence-electron chi connectivity index (χ0n) is 10.3. The number of nitrogens with zero attached hydrogens (tertiary/aromatic N) is 1. The predicted octanol–water partition coefficient (Wildman–Crippen LogP) is 2.74. The van der Waals surface area contributed by atoms with E-state index in [0.717, 1.165) is 4.90 Å². The average Bonchev–Trinajstić information content (AvgIpc) is 2.87. The number of nitrogens with one attached hydrogen (secondary N) is 2. The molecule has 0 unspecified atom stereocenters. The van der Waals surface area contributed by atoms with Gasteiger partial charge in [-0.15, -0.1) is 11.8 Å². The fourth-order valence-electron chi connectivity index (χ4n) is 1.54. The van der Waals surface area contributed by atoms with Crippen LogP contribution in [0.3, 0.4) is 0 Å². The third kappa shape index (κ3) is 2.94. The molecule has 0 fully saturated rings. The number of halogens is 1. The lowest BCUT2D eigenvalue weighted by molar-refractivity contribution is 0.0691. The summed E-state index contributed by atoms with van der Waals surface area (Å²) in [5.74, 6) is -1.72. The van der Waals surface area contributed by atoms with Gasteiger partial charge >= 0.3 is 5.97 Å². The summed E-state index contributed by atoms with van der Waals surface area (Å²) in [6.07, 6.45) is 3.18. The van der Waals surface area contributed by atoms with E-state index >= 15 is 0 Å². The van der Waals surface area contributed by atoms with Gasteiger partial charge in [0.2, 0.25) is 0 Å². The number of anilines is 1. The van der Waals surface area contributed by atoms with E-state index in [1.54, 1.807) is 18.2 Å². The van der Waals surface area contributed by atoms with Crippen LogP contribution < -0.4 is 5.32 Å². The molecular weight excluding hydrogens is 302 g/mol. The average molecular weight is 312 g/mol. The van der Waals surface area contributed by atoms with E-state index in [1.165, 1.54) is 18.0 Å². The second-order valence-electron chi connectivity index (χ2n) is 3.75. The van der Waals surface area contributed by atoms with Crippen LogP contribution >= 0.6 is 23.4 Å². The van der Waals surface area contributed by atoms with Gasteiger partial charge in [-0.3, -0.25) is 9.89 Å². The minimum absolute atomic E-state index is 0.0909. The van der Waals surface area contributed by atoms with Crippen molar-refractivity contribution in [1.29, 1.82) is 0 Å². The summed E-state index contributed by atoms with van der Waals surface area (Å²) < 4.78 is 0. The van der Waals surface area contributed by atoms with Crippen molar-refractivity contribution < 1.29 is 14.7 Å². The highest BCUT2D eigenvalue weighted by molar-refractivity contribution is 7.98. The molecule has 0 aliphatic carbocycles. The number of hydrogen-bond donors (Lipinski definition) is 3. The van der Waals surface area contributed by atoms with E-state index in [2.05, 4.69) is 15.5 Å². The Bertz CT molecular complexity index is 672. The normalized spacial score (nSPS) is 10.3. The van der Waals surface area contributed by atoms with Crippen LogP contribution in [0.15, 0.2) is 29.3 Å². The molecule has 0 saturated heterocycles. The Morgan fingerprint density at radius 1 is 1.45 bits per heavy atom. The Morgan fingerprint density at radius 3 is 2.85 bits per heavy atom. The van der Waals surface area contributed by atoms with Gasteiger partial charge in [-0.25, -0.2) is 4.79 Å². The molecule has 0 aliphatic heterocycles. The van der Waals surface area contributed by atoms with Gasteiger partial charge < -0.3 is 10.4 Å². The summed E-state index contributed by atoms with van der Waals surface area (Å²) in [4.78, 5) is 23.9. The van der Waals surface area contributed by atoms with Crippen molar-refractivity contribution in [3.63, 3.8) is 0 Å². The molecule has 1 aromatic carbocycles. The SMILES string of the molecule is CSc1ccc(Cl)c(C(=O)Nc2c[nH]nc2C(=O)O)c1. The molecule has 1 heterocycles. The summed E-state index contributed by atoms with van der Waals surface area (Å²) in [5.41, 5.74) is 0.111. The molecule has 0 spiro atoms. The summed E-state index contributed by atoms with van der Waals surface area (Å²) in [5, 5.41) is 17.6. The number of hydrogen-bond acceptors (Lipinski definition) is 4. The van der Waals surface area contributed by atoms with Crippen LogP contribution in [0.1, 0.15) is 20.8 Å². The lowest BCUT2D eigenvalue weighted by Crippen LogP contribution is -2.14. The van der Waals surface area contributed by atoms with E-state index in [4.69, 9.17) is 16.7 Å². The summed E-state index contributed by atoms with van der Waals surface area (Å²) >= 11 is 7.45. The number of thioether (sulfide) groups is 1. The highest BCUT2D eigenvalue weighted by Crippen LogP contribution is 2.24. The molecule has 0 saturated carbocycles. The maximum Gasteiger partial charge on any atom is 0.358 e. The zero-order chi connectivity index (χ0) is 14.7. The van der Waals surface area contributed by atoms with E-state index < -0.39 is 11.9 Å². The van der Waals surface area contributed by atoms with Gasteiger partial charge in [-0.1, -0.05) is 11.6 Å². The van der Waals surface area contributed by atoms with Gasteiger partial charge in [-0.2, -0.15) is 5.10 Å². The van der Waals surface area contributed by atoms with E-state index in [1.807, 2.05) is 6.26 Å². The van der Waals surface area contributed by atoms with Crippen LogP contribution in [-0.4, -0.2) is 33.4 Å². The molecule has 3 N–H and O–H groups in total. The Kier molecular flexibility index (Phi) is 4.31. The van der Waals surface area contributed by atoms with Crippen molar-refractivity contribution >= 4 is 40.9 Å². The van der Waals surface area contributed by atoms with Crippen molar-refractivity contribution in [1.82, 2.24) is 10.2 Å². The first-order valence-corrected chi connectivity index (χ1v) is 7.05. The van der Waals surface area contributed by atoms with Gasteiger partial charge in [0.15, 0.2) is 5.69 Å². The number of carboxylic acid groups (broad SMARTS) is 1. The van der Waals surface area contributed by atoms with Crippen molar-refractivity contribution in [2.24, 2.45) is 0 Å². The van der Waals surface area contributed by atoms with Crippen LogP contribution in [0.5, 0.6) is 0 Å². The molecule has 1 amide bonds. The molecular formula is C12H10ClN3O3S. The van der Waals surface area contributed by atoms with Crippen LogP contribution in [0.4, 0.5) is 5.69 Å². The number of benzene rings is 1. The monoisotopic (exact) mass is 311 g/mol. The molecule has 0 atom stereocenters. The van der Waals surface area contributed by atoms with Gasteiger partial charge in [0.05, 0.1) is 16.3 Å². The van der Waals surface area contributed by atoms with Gasteiger partial charge in [0.25, 0.3) is 5.91 Å². The Labute approximate surface area is 123 Å². The highest BCUT2D eigenvalue weighted by Gasteiger charge is 2.18. The van der Waals surface area contributed by atoms with Crippen molar-refractivity contribution in [3.8, 4) is 0 Å². The number of aromatic nitrogens is 2. The van der Waals surface area contributed by atoms with Crippen molar-refractivity contribution in [2.45, 2.75) is 4.90 Å². The number of aromatic amines is 1. The number of carbonyl (C=O) groups is 2. The molecule has 0 bridgehead atoms. The van der Waals surface area contributed by atoms with Gasteiger partial charge in [0, 0.05) is 11.1 Å². The molecule has 0 radical (unpaired) electrons. The fraction of sp³-hybridized carbons (Fsp3) is 0.0833. The van der Waals surface area contributed by atoms with E-state index in [-0.39, 0.29) is 16.9 Å². The Hall–Kier alpha value is -1.99. The summed E-state index contributed by atoms with van der Waals surface area (Å²) in [6.45, 7) is 0.